The van der Waals surface area contributed by atoms with Crippen LogP contribution >= 0.6 is 0 Å². The summed E-state index contributed by atoms with van der Waals surface area (Å²) in [6.45, 7) is 4.59. The van der Waals surface area contributed by atoms with Crippen molar-refractivity contribution in [3.8, 4) is 51.1 Å². The van der Waals surface area contributed by atoms with E-state index in [4.69, 9.17) is 34.1 Å². The first-order valence-electron chi connectivity index (χ1n) is 16.9. The molecular weight excluding hydrogens is 622 g/mol. The summed E-state index contributed by atoms with van der Waals surface area (Å²) in [5.74, 6) is 2.61. The topological polar surface area (TPSA) is 135 Å². The van der Waals surface area contributed by atoms with E-state index in [1.165, 1.54) is 25.5 Å². The number of benzene rings is 1. The molecule has 5 aromatic rings. The summed E-state index contributed by atoms with van der Waals surface area (Å²) in [5, 5.41) is 0. The van der Waals surface area contributed by atoms with Crippen molar-refractivity contribution in [2.24, 2.45) is 11.7 Å². The molecule has 9 rings (SSSR count). The van der Waals surface area contributed by atoms with E-state index in [2.05, 4.69) is 20.9 Å². The van der Waals surface area contributed by atoms with Gasteiger partial charge < -0.3 is 34.0 Å². The molecule has 1 atom stereocenters. The van der Waals surface area contributed by atoms with Crippen LogP contribution in [0, 0.1) is 5.92 Å². The van der Waals surface area contributed by atoms with E-state index in [0.717, 1.165) is 49.2 Å². The lowest BCUT2D eigenvalue weighted by atomic mass is 9.74. The molecule has 11 nitrogen and oxygen atoms in total. The average molecular weight is 662 g/mol. The minimum absolute atomic E-state index is 0.0336. The van der Waals surface area contributed by atoms with E-state index in [1.807, 2.05) is 36.5 Å². The molecule has 4 aromatic heterocycles. The van der Waals surface area contributed by atoms with Crippen LogP contribution in [0.1, 0.15) is 47.5 Å². The standard InChI is InChI=1S/C38H39N5O6/c1-45-25-18-29(37(39)44)35(42-20-25)28-17-23(3-4-32(28)48-24-9-15-47-16-10-24)26-5-11-40-31-19-33(49-36(26)31)34-27(6-12-41-38(34)46-2)30-21-43-13-7-22(30)8-14-43/h3-6,11-12,17-20,22,24,30H,7-10,13-16,21H2,1-2H3,(H2,39,44). The molecular formula is C38H39N5O6. The van der Waals surface area contributed by atoms with Gasteiger partial charge in [-0.15, -0.1) is 0 Å². The Kier molecular flexibility index (Phi) is 8.38. The molecule has 4 saturated heterocycles. The number of carbonyl (C=O) groups excluding carboxylic acids is 1. The molecule has 4 aliphatic heterocycles. The number of methoxy groups -OCH3 is 2. The molecule has 2 N–H and O–H groups in total. The number of primary amides is 1. The first kappa shape index (κ1) is 31.3. The number of carbonyl (C=O) groups is 1. The number of hydrogen-bond donors (Lipinski definition) is 1. The third kappa shape index (κ3) is 5.87. The Bertz CT molecular complexity index is 2010. The third-order valence-corrected chi connectivity index (χ3v) is 10.2. The Hall–Kier alpha value is -5.00. The van der Waals surface area contributed by atoms with Gasteiger partial charge >= 0.3 is 0 Å². The van der Waals surface area contributed by atoms with E-state index in [-0.39, 0.29) is 11.7 Å². The van der Waals surface area contributed by atoms with Gasteiger partial charge in [-0.2, -0.15) is 0 Å². The number of pyridine rings is 3. The number of nitrogens with zero attached hydrogens (tertiary/aromatic N) is 4. The Morgan fingerprint density at radius 1 is 0.918 bits per heavy atom. The second-order valence-electron chi connectivity index (χ2n) is 13.0. The number of ether oxygens (including phenoxy) is 4. The van der Waals surface area contributed by atoms with Crippen molar-refractivity contribution in [1.29, 1.82) is 0 Å². The first-order chi connectivity index (χ1) is 24.0. The van der Waals surface area contributed by atoms with E-state index in [1.54, 1.807) is 25.6 Å². The van der Waals surface area contributed by atoms with E-state index >= 15 is 0 Å². The zero-order valence-electron chi connectivity index (χ0n) is 27.7. The maximum atomic E-state index is 12.7. The minimum atomic E-state index is -0.616. The monoisotopic (exact) mass is 661 g/mol. The lowest BCUT2D eigenvalue weighted by Gasteiger charge is -2.45. The van der Waals surface area contributed by atoms with Gasteiger partial charge in [0.25, 0.3) is 5.91 Å². The van der Waals surface area contributed by atoms with Crippen LogP contribution in [0.5, 0.6) is 17.4 Å². The molecule has 1 unspecified atom stereocenters. The van der Waals surface area contributed by atoms with Crippen LogP contribution in [0.25, 0.3) is 44.8 Å². The molecule has 49 heavy (non-hydrogen) atoms. The van der Waals surface area contributed by atoms with Crippen molar-refractivity contribution in [2.45, 2.75) is 37.7 Å². The van der Waals surface area contributed by atoms with Crippen molar-refractivity contribution in [3.05, 3.63) is 72.2 Å². The van der Waals surface area contributed by atoms with Gasteiger partial charge in [-0.1, -0.05) is 6.07 Å². The van der Waals surface area contributed by atoms with Gasteiger partial charge in [-0.05, 0) is 73.3 Å². The third-order valence-electron chi connectivity index (χ3n) is 10.2. The van der Waals surface area contributed by atoms with Gasteiger partial charge in [0.15, 0.2) is 5.58 Å². The van der Waals surface area contributed by atoms with Crippen LogP contribution in [-0.2, 0) is 4.74 Å². The number of nitrogens with two attached hydrogens (primary N) is 1. The molecule has 1 aromatic carbocycles. The van der Waals surface area contributed by atoms with Gasteiger partial charge in [-0.3, -0.25) is 14.8 Å². The van der Waals surface area contributed by atoms with Crippen molar-refractivity contribution < 1.29 is 28.2 Å². The second-order valence-corrected chi connectivity index (χ2v) is 13.0. The Morgan fingerprint density at radius 3 is 2.47 bits per heavy atom. The maximum absolute atomic E-state index is 12.7. The van der Waals surface area contributed by atoms with Crippen LogP contribution in [0.3, 0.4) is 0 Å². The van der Waals surface area contributed by atoms with E-state index < -0.39 is 5.91 Å². The van der Waals surface area contributed by atoms with Gasteiger partial charge in [-0.25, -0.2) is 4.98 Å². The van der Waals surface area contributed by atoms with Gasteiger partial charge in [0.1, 0.15) is 28.9 Å². The largest absolute Gasteiger partial charge is 0.495 e. The van der Waals surface area contributed by atoms with Crippen LogP contribution < -0.4 is 19.9 Å². The van der Waals surface area contributed by atoms with Crippen LogP contribution in [0.2, 0.25) is 0 Å². The second kappa shape index (κ2) is 13.1. The predicted molar refractivity (Wildman–Crippen MR) is 184 cm³/mol. The highest BCUT2D eigenvalue weighted by molar-refractivity contribution is 6.01. The van der Waals surface area contributed by atoms with Crippen molar-refractivity contribution in [2.75, 3.05) is 47.1 Å². The van der Waals surface area contributed by atoms with Crippen molar-refractivity contribution in [1.82, 2.24) is 19.9 Å². The number of aromatic nitrogens is 3. The quantitative estimate of drug-likeness (QED) is 0.197. The molecule has 4 aliphatic rings. The van der Waals surface area contributed by atoms with Crippen molar-refractivity contribution in [3.63, 3.8) is 0 Å². The molecule has 0 aliphatic carbocycles. The normalized spacial score (nSPS) is 20.7. The predicted octanol–water partition coefficient (Wildman–Crippen LogP) is 6.10. The van der Waals surface area contributed by atoms with Crippen LogP contribution in [-0.4, -0.2) is 78.9 Å². The lowest BCUT2D eigenvalue weighted by molar-refractivity contribution is 0.0258. The molecule has 1 amide bonds. The average Bonchev–Trinajstić information content (AvgIpc) is 3.60. The molecule has 4 fully saturated rings. The smallest absolute Gasteiger partial charge is 0.251 e. The number of furan rings is 1. The summed E-state index contributed by atoms with van der Waals surface area (Å²) in [7, 11) is 3.17. The summed E-state index contributed by atoms with van der Waals surface area (Å²) in [5.41, 5.74) is 12.2. The first-order valence-corrected chi connectivity index (χ1v) is 16.9. The maximum Gasteiger partial charge on any atom is 0.251 e. The molecule has 0 spiro atoms. The lowest BCUT2D eigenvalue weighted by Crippen LogP contribution is -2.46. The molecule has 11 heteroatoms. The fourth-order valence-electron chi connectivity index (χ4n) is 7.69. The number of rotatable bonds is 9. The number of amides is 1. The van der Waals surface area contributed by atoms with Gasteiger partial charge in [0.05, 0.1) is 50.5 Å². The summed E-state index contributed by atoms with van der Waals surface area (Å²) in [4.78, 5) is 29.2. The fraction of sp³-hybridized carbons (Fsp3) is 0.368. The highest BCUT2D eigenvalue weighted by atomic mass is 16.5. The number of piperidine rings is 3. The fourth-order valence-corrected chi connectivity index (χ4v) is 7.69. The molecule has 252 valence electrons. The molecule has 0 saturated carbocycles. The molecule has 2 bridgehead atoms. The van der Waals surface area contributed by atoms with E-state index in [9.17, 15) is 4.79 Å². The Labute approximate surface area is 284 Å². The van der Waals surface area contributed by atoms with Gasteiger partial charge in [0, 0.05) is 54.9 Å². The highest BCUT2D eigenvalue weighted by Gasteiger charge is 2.37. The van der Waals surface area contributed by atoms with Crippen LogP contribution in [0.15, 0.2) is 65.5 Å². The summed E-state index contributed by atoms with van der Waals surface area (Å²) < 4.78 is 30.0. The van der Waals surface area contributed by atoms with Crippen molar-refractivity contribution >= 4 is 17.0 Å². The SMILES string of the molecule is COc1cnc(-c2cc(-c3ccnc4cc(-c5c(C6CN7CCC6CC7)ccnc5OC)oc34)ccc2OC2CCOCC2)c(C(N)=O)c1. The summed E-state index contributed by atoms with van der Waals surface area (Å²) in [6.07, 6.45) is 9.06. The summed E-state index contributed by atoms with van der Waals surface area (Å²) >= 11 is 0. The number of hydrogen-bond acceptors (Lipinski definition) is 10. The Balaban J connectivity index is 1.25. The molecule has 0 radical (unpaired) electrons. The van der Waals surface area contributed by atoms with Crippen LogP contribution in [0.4, 0.5) is 0 Å². The molecule has 8 heterocycles. The van der Waals surface area contributed by atoms with E-state index in [0.29, 0.717) is 70.5 Å². The zero-order valence-corrected chi connectivity index (χ0v) is 27.7. The highest BCUT2D eigenvalue weighted by Crippen LogP contribution is 2.46. The minimum Gasteiger partial charge on any atom is -0.495 e. The summed E-state index contributed by atoms with van der Waals surface area (Å²) in [6, 6.07) is 13.5. The Morgan fingerprint density at radius 2 is 1.73 bits per heavy atom. The number of fused-ring (bicyclic) bond motifs is 4. The zero-order chi connectivity index (χ0) is 33.5. The van der Waals surface area contributed by atoms with Gasteiger partial charge in [0.2, 0.25) is 5.88 Å².